The Morgan fingerprint density at radius 1 is 1.24 bits per heavy atom. The average molecular weight is 304 g/mol. The number of amides is 1. The minimum atomic E-state index is -1.18. The number of rotatable bonds is 6. The smallest absolute Gasteiger partial charge is 0.444 e. The Kier molecular flexibility index (Phi) is 8.37. The molecule has 1 atom stereocenters. The zero-order chi connectivity index (χ0) is 16.5. The van der Waals surface area contributed by atoms with Crippen molar-refractivity contribution in [3.8, 4) is 0 Å². The van der Waals surface area contributed by atoms with Crippen LogP contribution < -0.4 is 11.1 Å². The van der Waals surface area contributed by atoms with E-state index < -0.39 is 29.9 Å². The van der Waals surface area contributed by atoms with Crippen LogP contribution in [0.2, 0.25) is 0 Å². The maximum atomic E-state index is 11.4. The Bertz CT molecular complexity index is 364. The largest absolute Gasteiger partial charge is 0.516 e. The summed E-state index contributed by atoms with van der Waals surface area (Å²) < 4.78 is 14.0. The molecular formula is C13H24N2O6. The molecule has 0 aromatic rings. The lowest BCUT2D eigenvalue weighted by molar-refractivity contribution is -0.141. The van der Waals surface area contributed by atoms with Gasteiger partial charge in [0.05, 0.1) is 6.61 Å². The molecule has 0 saturated carbocycles. The fraction of sp³-hybridized carbons (Fsp3) is 0.769. The van der Waals surface area contributed by atoms with Crippen molar-refractivity contribution in [2.75, 3.05) is 13.2 Å². The number of alkyl carbamates (subject to hydrolysis) is 1. The van der Waals surface area contributed by atoms with E-state index >= 15 is 0 Å². The third-order valence-corrected chi connectivity index (χ3v) is 2.07. The van der Waals surface area contributed by atoms with Gasteiger partial charge in [0.15, 0.2) is 0 Å². The van der Waals surface area contributed by atoms with Crippen LogP contribution >= 0.6 is 0 Å². The summed E-state index contributed by atoms with van der Waals surface area (Å²) in [6, 6.07) is -1.18. The molecule has 0 saturated heterocycles. The Morgan fingerprint density at radius 2 is 1.86 bits per heavy atom. The first kappa shape index (κ1) is 19.2. The van der Waals surface area contributed by atoms with Gasteiger partial charge in [0, 0.05) is 6.54 Å². The third-order valence-electron chi connectivity index (χ3n) is 2.07. The van der Waals surface area contributed by atoms with E-state index in [2.05, 4.69) is 14.8 Å². The second kappa shape index (κ2) is 9.17. The topological polar surface area (TPSA) is 117 Å². The second-order valence-electron chi connectivity index (χ2n) is 5.36. The molecular weight excluding hydrogens is 280 g/mol. The zero-order valence-corrected chi connectivity index (χ0v) is 12.9. The molecule has 8 heteroatoms. The van der Waals surface area contributed by atoms with E-state index in [-0.39, 0.29) is 13.2 Å². The lowest BCUT2D eigenvalue weighted by atomic mass is 10.2. The number of esters is 1. The van der Waals surface area contributed by atoms with Gasteiger partial charge in [-0.3, -0.25) is 0 Å². The molecule has 0 bridgehead atoms. The van der Waals surface area contributed by atoms with Crippen LogP contribution in [0.3, 0.4) is 0 Å². The van der Waals surface area contributed by atoms with Gasteiger partial charge in [0.2, 0.25) is 0 Å². The van der Waals surface area contributed by atoms with Gasteiger partial charge >= 0.3 is 18.2 Å². The van der Waals surface area contributed by atoms with E-state index in [0.29, 0.717) is 6.42 Å². The van der Waals surface area contributed by atoms with Gasteiger partial charge in [-0.2, -0.15) is 0 Å². The molecule has 0 aliphatic heterocycles. The quantitative estimate of drug-likeness (QED) is 0.431. The van der Waals surface area contributed by atoms with Crippen molar-refractivity contribution in [3.05, 3.63) is 0 Å². The van der Waals surface area contributed by atoms with Crippen LogP contribution in [0.25, 0.3) is 0 Å². The highest BCUT2D eigenvalue weighted by molar-refractivity contribution is 5.85. The summed E-state index contributed by atoms with van der Waals surface area (Å²) in [4.78, 5) is 33.9. The molecule has 0 aromatic carbocycles. The lowest BCUT2D eigenvalue weighted by Gasteiger charge is -2.20. The monoisotopic (exact) mass is 304 g/mol. The summed E-state index contributed by atoms with van der Waals surface area (Å²) in [6.07, 6.45) is -0.284. The number of hydrogen-bond acceptors (Lipinski definition) is 7. The first-order chi connectivity index (χ1) is 9.65. The molecule has 0 fully saturated rings. The van der Waals surface area contributed by atoms with Gasteiger partial charge in [-0.05, 0) is 27.2 Å². The van der Waals surface area contributed by atoms with E-state index in [9.17, 15) is 14.4 Å². The standard InChI is InChI=1S/C13H24N2O6/c1-5-6-7-19-12(18)20-10(16)9(14)8-15-11(17)21-13(2,3)4/h9H,5-8,14H2,1-4H3,(H,15,17). The number of carbonyl (C=O) groups excluding carboxylic acids is 3. The zero-order valence-electron chi connectivity index (χ0n) is 12.9. The number of hydrogen-bond donors (Lipinski definition) is 2. The van der Waals surface area contributed by atoms with Crippen molar-refractivity contribution in [2.45, 2.75) is 52.2 Å². The summed E-state index contributed by atoms with van der Waals surface area (Å²) in [5, 5.41) is 2.31. The fourth-order valence-corrected chi connectivity index (χ4v) is 1.08. The molecule has 0 radical (unpaired) electrons. The van der Waals surface area contributed by atoms with Crippen LogP contribution in [0.5, 0.6) is 0 Å². The molecule has 1 unspecified atom stereocenters. The predicted octanol–water partition coefficient (Wildman–Crippen LogP) is 1.32. The molecule has 1 amide bonds. The number of nitrogens with one attached hydrogen (secondary N) is 1. The van der Waals surface area contributed by atoms with Crippen LogP contribution in [-0.4, -0.2) is 43.0 Å². The predicted molar refractivity (Wildman–Crippen MR) is 74.6 cm³/mol. The fourth-order valence-electron chi connectivity index (χ4n) is 1.08. The third kappa shape index (κ3) is 10.6. The highest BCUT2D eigenvalue weighted by Crippen LogP contribution is 2.06. The van der Waals surface area contributed by atoms with Gasteiger partial charge in [-0.15, -0.1) is 0 Å². The molecule has 8 nitrogen and oxygen atoms in total. The van der Waals surface area contributed by atoms with Crippen molar-refractivity contribution < 1.29 is 28.6 Å². The molecule has 0 aromatic heterocycles. The Morgan fingerprint density at radius 3 is 2.38 bits per heavy atom. The van der Waals surface area contributed by atoms with Crippen molar-refractivity contribution in [1.82, 2.24) is 5.32 Å². The normalized spacial score (nSPS) is 12.2. The summed E-state index contributed by atoms with van der Waals surface area (Å²) in [5.74, 6) is -0.979. The van der Waals surface area contributed by atoms with E-state index in [0.717, 1.165) is 6.42 Å². The minimum Gasteiger partial charge on any atom is -0.444 e. The maximum absolute atomic E-state index is 11.4. The first-order valence-electron chi connectivity index (χ1n) is 6.76. The summed E-state index contributed by atoms with van der Waals surface area (Å²) in [6.45, 7) is 7.00. The number of unbranched alkanes of at least 4 members (excludes halogenated alkanes) is 1. The molecule has 3 N–H and O–H groups in total. The molecule has 0 aliphatic carbocycles. The van der Waals surface area contributed by atoms with Crippen molar-refractivity contribution in [3.63, 3.8) is 0 Å². The van der Waals surface area contributed by atoms with E-state index in [1.165, 1.54) is 0 Å². The lowest BCUT2D eigenvalue weighted by Crippen LogP contribution is -2.45. The summed E-state index contributed by atoms with van der Waals surface area (Å²) in [7, 11) is 0. The van der Waals surface area contributed by atoms with Crippen molar-refractivity contribution in [1.29, 1.82) is 0 Å². The van der Waals surface area contributed by atoms with Gasteiger partial charge in [-0.25, -0.2) is 14.4 Å². The summed E-state index contributed by atoms with van der Waals surface area (Å²) >= 11 is 0. The van der Waals surface area contributed by atoms with Gasteiger partial charge in [-0.1, -0.05) is 13.3 Å². The van der Waals surface area contributed by atoms with Gasteiger partial charge < -0.3 is 25.3 Å². The minimum absolute atomic E-state index is 0.175. The maximum Gasteiger partial charge on any atom is 0.516 e. The SMILES string of the molecule is CCCCOC(=O)OC(=O)C(N)CNC(=O)OC(C)(C)C. The van der Waals surface area contributed by atoms with E-state index in [4.69, 9.17) is 10.5 Å². The van der Waals surface area contributed by atoms with Crippen LogP contribution in [0.1, 0.15) is 40.5 Å². The molecule has 21 heavy (non-hydrogen) atoms. The number of carbonyl (C=O) groups is 3. The second-order valence-corrected chi connectivity index (χ2v) is 5.36. The average Bonchev–Trinajstić information content (AvgIpc) is 2.34. The van der Waals surface area contributed by atoms with Crippen LogP contribution in [0.15, 0.2) is 0 Å². The number of nitrogens with two attached hydrogens (primary N) is 1. The van der Waals surface area contributed by atoms with Crippen LogP contribution in [-0.2, 0) is 19.0 Å². The van der Waals surface area contributed by atoms with E-state index in [1.54, 1.807) is 20.8 Å². The molecule has 0 spiro atoms. The Balaban J connectivity index is 4.00. The highest BCUT2D eigenvalue weighted by atomic mass is 16.7. The summed E-state index contributed by atoms with van der Waals surface area (Å²) in [5.41, 5.74) is 4.82. The Hall–Kier alpha value is -1.83. The highest BCUT2D eigenvalue weighted by Gasteiger charge is 2.22. The van der Waals surface area contributed by atoms with Crippen molar-refractivity contribution in [2.24, 2.45) is 5.73 Å². The number of ether oxygens (including phenoxy) is 3. The molecule has 0 aliphatic rings. The molecule has 0 heterocycles. The van der Waals surface area contributed by atoms with E-state index in [1.807, 2.05) is 6.92 Å². The van der Waals surface area contributed by atoms with Gasteiger partial charge in [0.1, 0.15) is 11.6 Å². The van der Waals surface area contributed by atoms with Crippen molar-refractivity contribution >= 4 is 18.2 Å². The Labute approximate surface area is 124 Å². The van der Waals surface area contributed by atoms with Crippen LogP contribution in [0.4, 0.5) is 9.59 Å². The molecule has 0 rings (SSSR count). The first-order valence-corrected chi connectivity index (χ1v) is 6.76. The van der Waals surface area contributed by atoms with Crippen LogP contribution in [0, 0.1) is 0 Å². The van der Waals surface area contributed by atoms with Gasteiger partial charge in [0.25, 0.3) is 0 Å². The molecule has 122 valence electrons.